The second-order valence-corrected chi connectivity index (χ2v) is 9.48. The molecule has 188 valence electrons. The van der Waals surface area contributed by atoms with Crippen LogP contribution in [-0.4, -0.2) is 95.7 Å². The second-order valence-electron chi connectivity index (χ2n) is 9.07. The van der Waals surface area contributed by atoms with Crippen molar-refractivity contribution in [3.63, 3.8) is 0 Å². The van der Waals surface area contributed by atoms with E-state index >= 15 is 0 Å². The zero-order valence-corrected chi connectivity index (χ0v) is 20.8. The average molecular weight is 516 g/mol. The van der Waals surface area contributed by atoms with Crippen LogP contribution in [0, 0.1) is 11.6 Å². The number of imide groups is 1. The highest BCUT2D eigenvalue weighted by Gasteiger charge is 2.53. The predicted octanol–water partition coefficient (Wildman–Crippen LogP) is 2.66. The molecule has 0 spiro atoms. The molecule has 0 N–H and O–H groups in total. The van der Waals surface area contributed by atoms with Crippen LogP contribution in [0.4, 0.5) is 19.3 Å². The summed E-state index contributed by atoms with van der Waals surface area (Å²) in [6.07, 6.45) is 0. The molecule has 0 radical (unpaired) electrons. The summed E-state index contributed by atoms with van der Waals surface area (Å²) in [6, 6.07) is 9.82. The Labute approximate surface area is 212 Å². The van der Waals surface area contributed by atoms with Gasteiger partial charge >= 0.3 is 11.9 Å². The molecule has 1 unspecified atom stereocenters. The number of benzene rings is 2. The number of rotatable bonds is 5. The van der Waals surface area contributed by atoms with Crippen molar-refractivity contribution in [1.29, 1.82) is 0 Å². The lowest BCUT2D eigenvalue weighted by molar-refractivity contribution is -0.552. The fourth-order valence-electron chi connectivity index (χ4n) is 4.87. The summed E-state index contributed by atoms with van der Waals surface area (Å²) < 4.78 is 30.7. The molecule has 3 amide bonds. The van der Waals surface area contributed by atoms with Gasteiger partial charge in [0, 0.05) is 45.8 Å². The number of carbonyl (C=O) groups is 2. The number of amidine groups is 2. The molecule has 0 aliphatic carbocycles. The normalized spacial score (nSPS) is 20.9. The van der Waals surface area contributed by atoms with Gasteiger partial charge in [0.25, 0.3) is 17.8 Å². The van der Waals surface area contributed by atoms with E-state index in [1.54, 1.807) is 29.8 Å². The largest absolute Gasteiger partial charge is 0.367 e. The van der Waals surface area contributed by atoms with Gasteiger partial charge in [0.15, 0.2) is 0 Å². The van der Waals surface area contributed by atoms with Crippen molar-refractivity contribution < 1.29 is 22.9 Å². The van der Waals surface area contributed by atoms with Crippen LogP contribution in [0.1, 0.15) is 5.56 Å². The molecular weight excluding hydrogens is 490 g/mol. The van der Waals surface area contributed by atoms with Gasteiger partial charge in [-0.05, 0) is 29.3 Å². The lowest BCUT2D eigenvalue weighted by Crippen LogP contribution is -2.61. The number of amides is 3. The lowest BCUT2D eigenvalue weighted by Gasteiger charge is -2.35. The Kier molecular flexibility index (Phi) is 6.48. The number of fused-ring (bicyclic) bond motifs is 1. The molecule has 3 heterocycles. The second kappa shape index (κ2) is 9.59. The number of urea groups is 1. The molecule has 3 aliphatic rings. The van der Waals surface area contributed by atoms with Crippen molar-refractivity contribution in [2.75, 3.05) is 51.7 Å². The summed E-state index contributed by atoms with van der Waals surface area (Å²) in [5.41, 5.74) is 0.828. The number of nitrogens with zero attached hydrogens (tertiary/aromatic N) is 6. The van der Waals surface area contributed by atoms with E-state index in [1.807, 2.05) is 11.0 Å². The minimum absolute atomic E-state index is 0.0231. The number of para-hydroxylation sites is 1. The number of likely N-dealkylation sites (N-methyl/N-ethyl adjacent to an activating group) is 2. The average Bonchev–Trinajstić information content (AvgIpc) is 3.22. The van der Waals surface area contributed by atoms with E-state index in [1.165, 1.54) is 30.1 Å². The highest BCUT2D eigenvalue weighted by atomic mass is 35.5. The van der Waals surface area contributed by atoms with E-state index in [2.05, 4.69) is 9.89 Å². The van der Waals surface area contributed by atoms with Crippen molar-refractivity contribution in [2.24, 2.45) is 4.99 Å². The van der Waals surface area contributed by atoms with E-state index in [-0.39, 0.29) is 22.9 Å². The van der Waals surface area contributed by atoms with E-state index in [9.17, 15) is 18.4 Å². The highest BCUT2D eigenvalue weighted by molar-refractivity contribution is 6.31. The summed E-state index contributed by atoms with van der Waals surface area (Å²) in [4.78, 5) is 36.9. The Bertz CT molecular complexity index is 1270. The summed E-state index contributed by atoms with van der Waals surface area (Å²) in [5, 5.41) is 0.252. The molecule has 0 saturated carbocycles. The molecule has 2 fully saturated rings. The Morgan fingerprint density at radius 2 is 1.67 bits per heavy atom. The third-order valence-electron chi connectivity index (χ3n) is 6.93. The number of hydrogen-bond donors (Lipinski definition) is 0. The van der Waals surface area contributed by atoms with Crippen molar-refractivity contribution >= 4 is 40.9 Å². The molecular formula is C25H26ClF2N6O2+. The third kappa shape index (κ3) is 4.24. The molecule has 11 heteroatoms. The number of carbonyl (C=O) groups excluding carboxylic acids is 2. The molecule has 36 heavy (non-hydrogen) atoms. The molecule has 0 bridgehead atoms. The van der Waals surface area contributed by atoms with Crippen molar-refractivity contribution in [3.8, 4) is 0 Å². The zero-order valence-electron chi connectivity index (χ0n) is 20.0. The number of piperazine rings is 1. The van der Waals surface area contributed by atoms with Crippen LogP contribution in [0.15, 0.2) is 47.5 Å². The fraction of sp³-hybridized carbons (Fsp3) is 0.360. The fourth-order valence-corrected chi connectivity index (χ4v) is 5.09. The maximum absolute atomic E-state index is 14.7. The first-order valence-electron chi connectivity index (χ1n) is 11.7. The number of halogens is 3. The van der Waals surface area contributed by atoms with Gasteiger partial charge in [0.1, 0.15) is 24.7 Å². The maximum Gasteiger partial charge on any atom is 0.333 e. The molecule has 3 aliphatic heterocycles. The molecule has 0 aromatic heterocycles. The van der Waals surface area contributed by atoms with Crippen LogP contribution in [0.3, 0.4) is 0 Å². The Hall–Kier alpha value is -3.37. The highest BCUT2D eigenvalue weighted by Crippen LogP contribution is 2.26. The lowest BCUT2D eigenvalue weighted by atomic mass is 10.1. The van der Waals surface area contributed by atoms with Crippen molar-refractivity contribution in [2.45, 2.75) is 12.6 Å². The molecule has 2 saturated heterocycles. The monoisotopic (exact) mass is 515 g/mol. The minimum Gasteiger partial charge on any atom is -0.367 e. The zero-order chi connectivity index (χ0) is 25.6. The van der Waals surface area contributed by atoms with Crippen LogP contribution in [0.25, 0.3) is 0 Å². The van der Waals surface area contributed by atoms with Gasteiger partial charge in [-0.3, -0.25) is 19.5 Å². The minimum atomic E-state index is -0.858. The van der Waals surface area contributed by atoms with Gasteiger partial charge in [0.2, 0.25) is 0 Å². The third-order valence-corrected chi connectivity index (χ3v) is 7.29. The van der Waals surface area contributed by atoms with Gasteiger partial charge in [-0.15, -0.1) is 0 Å². The van der Waals surface area contributed by atoms with E-state index in [4.69, 9.17) is 11.6 Å². The van der Waals surface area contributed by atoms with E-state index < -0.39 is 23.8 Å². The predicted molar refractivity (Wildman–Crippen MR) is 133 cm³/mol. The van der Waals surface area contributed by atoms with Crippen molar-refractivity contribution in [1.82, 2.24) is 14.7 Å². The smallest absolute Gasteiger partial charge is 0.333 e. The van der Waals surface area contributed by atoms with Gasteiger partial charge in [-0.1, -0.05) is 29.8 Å². The number of hydrogen-bond acceptors (Lipinski definition) is 5. The number of aliphatic imine (C=N–C) groups is 1. The maximum atomic E-state index is 14.7. The Morgan fingerprint density at radius 3 is 2.36 bits per heavy atom. The number of anilines is 1. The van der Waals surface area contributed by atoms with Gasteiger partial charge < -0.3 is 4.90 Å². The standard InChI is InChI=1S/C25H26ClF2N6O2/c1-30-23-22(24(35)31(2)25(30)36)34(14-16-17(26)6-5-8-18(16)27)21(29-23)15-32-10-12-33(13-11-32)20-9-4-3-7-19(20)28/h3-9,22H,10-15H2,1-2H3/q+1. The molecule has 5 rings (SSSR count). The van der Waals surface area contributed by atoms with Gasteiger partial charge in [-0.25, -0.2) is 18.2 Å². The van der Waals surface area contributed by atoms with Crippen LogP contribution in [-0.2, 0) is 11.3 Å². The topological polar surface area (TPSA) is 62.5 Å². The van der Waals surface area contributed by atoms with Crippen LogP contribution >= 0.6 is 11.6 Å². The molecule has 1 atom stereocenters. The first-order valence-corrected chi connectivity index (χ1v) is 12.0. The van der Waals surface area contributed by atoms with Crippen LogP contribution in [0.2, 0.25) is 5.02 Å². The molecule has 2 aromatic rings. The SMILES string of the molecule is CN1C(=O)C2C(=NC(CN3CCN(c4ccccc4F)CC3)=[N+]2Cc2c(F)cccc2Cl)N(C)C1=O. The first kappa shape index (κ1) is 24.3. The van der Waals surface area contributed by atoms with Crippen molar-refractivity contribution in [3.05, 3.63) is 64.7 Å². The van der Waals surface area contributed by atoms with Gasteiger partial charge in [0.05, 0.1) is 10.7 Å². The Morgan fingerprint density at radius 1 is 0.972 bits per heavy atom. The summed E-state index contributed by atoms with van der Waals surface area (Å²) in [6.45, 7) is 2.93. The van der Waals surface area contributed by atoms with Crippen LogP contribution in [0.5, 0.6) is 0 Å². The van der Waals surface area contributed by atoms with E-state index in [0.717, 1.165) is 4.90 Å². The van der Waals surface area contributed by atoms with Crippen LogP contribution < -0.4 is 4.90 Å². The molecule has 2 aromatic carbocycles. The quantitative estimate of drug-likeness (QED) is 0.574. The molecule has 8 nitrogen and oxygen atoms in total. The summed E-state index contributed by atoms with van der Waals surface area (Å²) >= 11 is 6.31. The van der Waals surface area contributed by atoms with E-state index in [0.29, 0.717) is 50.1 Å². The van der Waals surface area contributed by atoms with Gasteiger partial charge in [-0.2, -0.15) is 0 Å². The summed E-state index contributed by atoms with van der Waals surface area (Å²) in [5.74, 6) is -0.291. The summed E-state index contributed by atoms with van der Waals surface area (Å²) in [7, 11) is 2.99. The Balaban J connectivity index is 1.43. The first-order chi connectivity index (χ1) is 17.3.